The second-order valence-electron chi connectivity index (χ2n) is 7.88. The van der Waals surface area contributed by atoms with E-state index in [9.17, 15) is 18.3 Å². The van der Waals surface area contributed by atoms with E-state index >= 15 is 0 Å². The smallest absolute Gasteiger partial charge is 0.241 e. The fraction of sp³-hybridized carbons (Fsp3) is 0.632. The van der Waals surface area contributed by atoms with E-state index in [-0.39, 0.29) is 10.3 Å². The summed E-state index contributed by atoms with van der Waals surface area (Å²) >= 11 is 0. The number of carbonyl (C=O) groups is 1. The Kier molecular flexibility index (Phi) is 7.97. The topological polar surface area (TPSA) is 108 Å². The number of carbonyl (C=O) groups excluding carboxylic acids is 1. The standard InChI is InChI=1S/C19H31N3O5S/c1-19(2,3)15-4-6-16(7-5-15)28(25,26)21-17(14-23)18(24)20-8-9-22-10-12-27-13-11-22/h4-7,17,21,23H,8-14H2,1-3H3,(H,20,24)/t17-/m0/s1. The summed E-state index contributed by atoms with van der Waals surface area (Å²) in [5, 5.41) is 12.2. The van der Waals surface area contributed by atoms with Crippen molar-refractivity contribution in [3.8, 4) is 0 Å². The van der Waals surface area contributed by atoms with Crippen molar-refractivity contribution < 1.29 is 23.1 Å². The highest BCUT2D eigenvalue weighted by atomic mass is 32.2. The van der Waals surface area contributed by atoms with Crippen molar-refractivity contribution in [2.45, 2.75) is 37.1 Å². The summed E-state index contributed by atoms with van der Waals surface area (Å²) in [4.78, 5) is 14.5. The van der Waals surface area contributed by atoms with Crippen LogP contribution in [0, 0.1) is 0 Å². The van der Waals surface area contributed by atoms with Crippen LogP contribution >= 0.6 is 0 Å². The van der Waals surface area contributed by atoms with Crippen molar-refractivity contribution in [3.05, 3.63) is 29.8 Å². The highest BCUT2D eigenvalue weighted by molar-refractivity contribution is 7.89. The largest absolute Gasteiger partial charge is 0.394 e. The fourth-order valence-electron chi connectivity index (χ4n) is 2.85. The van der Waals surface area contributed by atoms with E-state index in [1.54, 1.807) is 12.1 Å². The Balaban J connectivity index is 1.93. The normalized spacial score (nSPS) is 17.3. The van der Waals surface area contributed by atoms with Gasteiger partial charge in [-0.15, -0.1) is 0 Å². The van der Waals surface area contributed by atoms with Crippen molar-refractivity contribution in [2.75, 3.05) is 46.0 Å². The first-order chi connectivity index (χ1) is 13.1. The van der Waals surface area contributed by atoms with Crippen LogP contribution in [-0.2, 0) is 25.0 Å². The summed E-state index contributed by atoms with van der Waals surface area (Å²) in [5.41, 5.74) is 0.912. The minimum Gasteiger partial charge on any atom is -0.394 e. The van der Waals surface area contributed by atoms with E-state index in [2.05, 4.69) is 14.9 Å². The van der Waals surface area contributed by atoms with Crippen molar-refractivity contribution in [1.82, 2.24) is 14.9 Å². The van der Waals surface area contributed by atoms with Crippen LogP contribution in [0.5, 0.6) is 0 Å². The van der Waals surface area contributed by atoms with Gasteiger partial charge >= 0.3 is 0 Å². The number of amides is 1. The van der Waals surface area contributed by atoms with Gasteiger partial charge in [-0.3, -0.25) is 9.69 Å². The molecule has 1 fully saturated rings. The van der Waals surface area contributed by atoms with Crippen LogP contribution in [-0.4, -0.2) is 76.4 Å². The molecule has 0 spiro atoms. The zero-order valence-electron chi connectivity index (χ0n) is 16.8. The number of morpholine rings is 1. The average Bonchev–Trinajstić information content (AvgIpc) is 2.66. The van der Waals surface area contributed by atoms with Gasteiger partial charge in [0.05, 0.1) is 24.7 Å². The summed E-state index contributed by atoms with van der Waals surface area (Å²) in [5.74, 6) is -0.550. The lowest BCUT2D eigenvalue weighted by molar-refractivity contribution is -0.123. The second kappa shape index (κ2) is 9.80. The fourth-order valence-corrected chi connectivity index (χ4v) is 4.03. The van der Waals surface area contributed by atoms with Gasteiger partial charge in [0.1, 0.15) is 6.04 Å². The lowest BCUT2D eigenvalue weighted by Gasteiger charge is -2.26. The van der Waals surface area contributed by atoms with Crippen molar-refractivity contribution in [1.29, 1.82) is 0 Å². The minimum absolute atomic E-state index is 0.0556. The van der Waals surface area contributed by atoms with E-state index in [0.29, 0.717) is 26.3 Å². The number of aliphatic hydroxyl groups excluding tert-OH is 1. The monoisotopic (exact) mass is 413 g/mol. The molecule has 9 heteroatoms. The lowest BCUT2D eigenvalue weighted by Crippen LogP contribution is -2.50. The molecule has 1 aliphatic heterocycles. The van der Waals surface area contributed by atoms with Crippen LogP contribution in [0.4, 0.5) is 0 Å². The Morgan fingerprint density at radius 3 is 2.36 bits per heavy atom. The van der Waals surface area contributed by atoms with Crippen LogP contribution in [0.2, 0.25) is 0 Å². The molecule has 8 nitrogen and oxygen atoms in total. The van der Waals surface area contributed by atoms with Crippen LogP contribution < -0.4 is 10.0 Å². The molecule has 0 bridgehead atoms. The first-order valence-electron chi connectivity index (χ1n) is 9.45. The maximum atomic E-state index is 12.6. The van der Waals surface area contributed by atoms with Crippen LogP contribution in [0.15, 0.2) is 29.2 Å². The summed E-state index contributed by atoms with van der Waals surface area (Å²) in [6.07, 6.45) is 0. The van der Waals surface area contributed by atoms with Gasteiger partial charge in [-0.1, -0.05) is 32.9 Å². The Hall–Kier alpha value is -1.52. The summed E-state index contributed by atoms with van der Waals surface area (Å²) < 4.78 is 32.7. The number of sulfonamides is 1. The Labute approximate surface area is 167 Å². The highest BCUT2D eigenvalue weighted by Crippen LogP contribution is 2.23. The molecule has 1 aromatic carbocycles. The predicted octanol–water partition coefficient (Wildman–Crippen LogP) is 0.0717. The van der Waals surface area contributed by atoms with Crippen molar-refractivity contribution in [3.63, 3.8) is 0 Å². The van der Waals surface area contributed by atoms with E-state index < -0.39 is 28.6 Å². The first kappa shape index (κ1) is 22.8. The third-order valence-corrected chi connectivity index (χ3v) is 6.15. The number of benzene rings is 1. The molecule has 1 heterocycles. The minimum atomic E-state index is -3.92. The molecule has 0 unspecified atom stereocenters. The van der Waals surface area contributed by atoms with Crippen LogP contribution in [0.3, 0.4) is 0 Å². The van der Waals surface area contributed by atoms with E-state index in [0.717, 1.165) is 18.7 Å². The number of hydrogen-bond donors (Lipinski definition) is 3. The van der Waals surface area contributed by atoms with Crippen molar-refractivity contribution >= 4 is 15.9 Å². The summed E-state index contributed by atoms with van der Waals surface area (Å²) in [6, 6.07) is 5.29. The third kappa shape index (κ3) is 6.52. The molecule has 1 amide bonds. The third-order valence-electron chi connectivity index (χ3n) is 4.66. The zero-order chi connectivity index (χ0) is 20.8. The number of ether oxygens (including phenoxy) is 1. The molecule has 1 atom stereocenters. The molecule has 0 aromatic heterocycles. The molecule has 1 saturated heterocycles. The van der Waals surface area contributed by atoms with E-state index in [1.165, 1.54) is 12.1 Å². The molecule has 0 aliphatic carbocycles. The number of hydrogen-bond acceptors (Lipinski definition) is 6. The molecule has 1 aliphatic rings. The number of aliphatic hydroxyl groups is 1. The predicted molar refractivity (Wildman–Crippen MR) is 107 cm³/mol. The van der Waals surface area contributed by atoms with Gasteiger partial charge in [-0.25, -0.2) is 8.42 Å². The van der Waals surface area contributed by atoms with Gasteiger partial charge in [0.25, 0.3) is 0 Å². The zero-order valence-corrected chi connectivity index (χ0v) is 17.6. The maximum Gasteiger partial charge on any atom is 0.241 e. The Morgan fingerprint density at radius 1 is 1.21 bits per heavy atom. The molecule has 1 aromatic rings. The van der Waals surface area contributed by atoms with Gasteiger partial charge in [0.2, 0.25) is 15.9 Å². The summed E-state index contributed by atoms with van der Waals surface area (Å²) in [7, 11) is -3.92. The average molecular weight is 414 g/mol. The van der Waals surface area contributed by atoms with Gasteiger partial charge in [-0.2, -0.15) is 4.72 Å². The molecule has 0 radical (unpaired) electrons. The molecule has 2 rings (SSSR count). The highest BCUT2D eigenvalue weighted by Gasteiger charge is 2.25. The van der Waals surface area contributed by atoms with E-state index in [1.807, 2.05) is 20.8 Å². The van der Waals surface area contributed by atoms with E-state index in [4.69, 9.17) is 4.74 Å². The number of nitrogens with one attached hydrogen (secondary N) is 2. The van der Waals surface area contributed by atoms with Gasteiger partial charge in [0.15, 0.2) is 0 Å². The lowest BCUT2D eigenvalue weighted by atomic mass is 9.87. The molecule has 0 saturated carbocycles. The maximum absolute atomic E-state index is 12.6. The number of rotatable bonds is 8. The molecule has 3 N–H and O–H groups in total. The number of nitrogens with zero attached hydrogens (tertiary/aromatic N) is 1. The van der Waals surface area contributed by atoms with Gasteiger partial charge in [0, 0.05) is 26.2 Å². The Morgan fingerprint density at radius 2 is 1.82 bits per heavy atom. The summed E-state index contributed by atoms with van der Waals surface area (Å²) in [6.45, 7) is 9.46. The molecular weight excluding hydrogens is 382 g/mol. The second-order valence-corrected chi connectivity index (χ2v) is 9.59. The molecule has 28 heavy (non-hydrogen) atoms. The van der Waals surface area contributed by atoms with Crippen LogP contribution in [0.25, 0.3) is 0 Å². The SMILES string of the molecule is CC(C)(C)c1ccc(S(=O)(=O)N[C@@H](CO)C(=O)NCCN2CCOCC2)cc1. The van der Waals surface area contributed by atoms with Crippen molar-refractivity contribution in [2.24, 2.45) is 0 Å². The Bertz CT molecular complexity index is 738. The molecule has 158 valence electrons. The first-order valence-corrected chi connectivity index (χ1v) is 10.9. The van der Waals surface area contributed by atoms with Crippen LogP contribution in [0.1, 0.15) is 26.3 Å². The van der Waals surface area contributed by atoms with Gasteiger partial charge in [-0.05, 0) is 23.1 Å². The quantitative estimate of drug-likeness (QED) is 0.557. The molecular formula is C19H31N3O5S. The van der Waals surface area contributed by atoms with Gasteiger partial charge < -0.3 is 15.2 Å².